The van der Waals surface area contributed by atoms with Crippen molar-refractivity contribution in [3.63, 3.8) is 0 Å². The molecule has 0 atom stereocenters. The number of benzene rings is 1. The van der Waals surface area contributed by atoms with Crippen molar-refractivity contribution in [2.24, 2.45) is 0 Å². The van der Waals surface area contributed by atoms with Crippen LogP contribution < -0.4 is 16.2 Å². The summed E-state index contributed by atoms with van der Waals surface area (Å²) in [5.74, 6) is 0.426. The molecular formula is C13H15FN4O. The fourth-order valence-electron chi connectivity index (χ4n) is 1.77. The number of H-pyrrole nitrogens is 1. The fraction of sp³-hybridized carbons (Fsp3) is 0.154. The molecule has 0 fully saturated rings. The zero-order valence-corrected chi connectivity index (χ0v) is 10.3. The summed E-state index contributed by atoms with van der Waals surface area (Å²) in [5, 5.41) is 6.39. The first-order valence-corrected chi connectivity index (χ1v) is 5.72. The number of ether oxygens (including phenoxy) is 1. The molecule has 0 amide bonds. The molecule has 0 saturated heterocycles. The van der Waals surface area contributed by atoms with Gasteiger partial charge in [0.05, 0.1) is 0 Å². The average molecular weight is 262 g/mol. The molecule has 0 spiro atoms. The lowest BCUT2D eigenvalue weighted by Gasteiger charge is -2.11. The first-order chi connectivity index (χ1) is 9.13. The fourth-order valence-corrected chi connectivity index (χ4v) is 1.77. The van der Waals surface area contributed by atoms with Gasteiger partial charge in [-0.05, 0) is 6.07 Å². The minimum Gasteiger partial charge on any atom is -0.486 e. The molecule has 0 aliphatic heterocycles. The van der Waals surface area contributed by atoms with E-state index in [1.165, 1.54) is 6.07 Å². The number of aromatic amines is 1. The van der Waals surface area contributed by atoms with E-state index in [2.05, 4.69) is 16.8 Å². The number of anilines is 2. The molecule has 2 aromatic rings. The van der Waals surface area contributed by atoms with E-state index in [1.807, 2.05) is 0 Å². The third kappa shape index (κ3) is 2.67. The van der Waals surface area contributed by atoms with Crippen molar-refractivity contribution >= 4 is 11.6 Å². The van der Waals surface area contributed by atoms with Gasteiger partial charge in [0.25, 0.3) is 0 Å². The molecule has 0 aliphatic carbocycles. The number of para-hydroxylation sites is 1. The van der Waals surface area contributed by atoms with Crippen LogP contribution in [0.5, 0.6) is 5.75 Å². The van der Waals surface area contributed by atoms with Crippen molar-refractivity contribution in [1.29, 1.82) is 0 Å². The van der Waals surface area contributed by atoms with Crippen molar-refractivity contribution < 1.29 is 9.13 Å². The van der Waals surface area contributed by atoms with Gasteiger partial charge in [-0.1, -0.05) is 24.8 Å². The topological polar surface area (TPSA) is 90.0 Å². The lowest BCUT2D eigenvalue weighted by Crippen LogP contribution is -2.03. The molecule has 0 aliphatic rings. The van der Waals surface area contributed by atoms with Crippen LogP contribution in [0.15, 0.2) is 30.9 Å². The summed E-state index contributed by atoms with van der Waals surface area (Å²) < 4.78 is 19.1. The summed E-state index contributed by atoms with van der Waals surface area (Å²) in [5.41, 5.74) is 12.7. The molecule has 0 unspecified atom stereocenters. The Kier molecular flexibility index (Phi) is 3.70. The molecule has 0 saturated carbocycles. The van der Waals surface area contributed by atoms with E-state index in [0.29, 0.717) is 29.2 Å². The van der Waals surface area contributed by atoms with Crippen molar-refractivity contribution in [1.82, 2.24) is 10.2 Å². The van der Waals surface area contributed by atoms with Gasteiger partial charge in [-0.15, -0.1) is 0 Å². The van der Waals surface area contributed by atoms with Crippen LogP contribution in [0, 0.1) is 5.82 Å². The number of aromatic nitrogens is 2. The van der Waals surface area contributed by atoms with Crippen LogP contribution in [0.25, 0.3) is 0 Å². The molecule has 5 N–H and O–H groups in total. The van der Waals surface area contributed by atoms with E-state index in [0.717, 1.165) is 0 Å². The van der Waals surface area contributed by atoms with Gasteiger partial charge in [-0.3, -0.25) is 5.10 Å². The summed E-state index contributed by atoms with van der Waals surface area (Å²) >= 11 is 0. The third-order valence-electron chi connectivity index (χ3n) is 2.69. The number of halogens is 1. The van der Waals surface area contributed by atoms with Gasteiger partial charge in [0.15, 0.2) is 17.4 Å². The second kappa shape index (κ2) is 5.43. The van der Waals surface area contributed by atoms with Gasteiger partial charge < -0.3 is 16.2 Å². The highest BCUT2D eigenvalue weighted by Crippen LogP contribution is 2.28. The Morgan fingerprint density at radius 3 is 2.84 bits per heavy atom. The Morgan fingerprint density at radius 2 is 2.21 bits per heavy atom. The third-order valence-corrected chi connectivity index (χ3v) is 2.69. The molecule has 100 valence electrons. The first kappa shape index (κ1) is 12.9. The van der Waals surface area contributed by atoms with Crippen LogP contribution in [-0.4, -0.2) is 16.8 Å². The summed E-state index contributed by atoms with van der Waals surface area (Å²) in [7, 11) is 0. The van der Waals surface area contributed by atoms with Crippen LogP contribution in [0.1, 0.15) is 11.1 Å². The Bertz CT molecular complexity index is 575. The van der Waals surface area contributed by atoms with E-state index >= 15 is 0 Å². The van der Waals surface area contributed by atoms with Crippen molar-refractivity contribution in [3.8, 4) is 5.75 Å². The summed E-state index contributed by atoms with van der Waals surface area (Å²) in [6, 6.07) is 4.70. The maximum Gasteiger partial charge on any atom is 0.165 e. The monoisotopic (exact) mass is 262 g/mol. The van der Waals surface area contributed by atoms with Crippen LogP contribution in [0.4, 0.5) is 16.0 Å². The van der Waals surface area contributed by atoms with E-state index < -0.39 is 5.82 Å². The van der Waals surface area contributed by atoms with Crippen LogP contribution >= 0.6 is 0 Å². The minimum atomic E-state index is -0.431. The number of nitrogens with two attached hydrogens (primary N) is 2. The molecule has 0 radical (unpaired) electrons. The zero-order chi connectivity index (χ0) is 13.8. The van der Waals surface area contributed by atoms with Gasteiger partial charge in [-0.25, -0.2) is 4.39 Å². The standard InChI is InChI=1S/C13H15FN4O/c1-2-6-19-11-8(4-3-5-10(11)14)7-9-12(15)17-18-13(9)16/h2-5H,1,6-7H2,(H5,15,16,17,18). The number of nitrogens with one attached hydrogen (secondary N) is 1. The SMILES string of the molecule is C=CCOc1c(F)cccc1Cc1c(N)n[nH]c1N. The highest BCUT2D eigenvalue weighted by Gasteiger charge is 2.14. The normalized spacial score (nSPS) is 10.4. The van der Waals surface area contributed by atoms with Gasteiger partial charge in [-0.2, -0.15) is 5.10 Å². The summed E-state index contributed by atoms with van der Waals surface area (Å²) in [6.07, 6.45) is 1.90. The Balaban J connectivity index is 2.34. The summed E-state index contributed by atoms with van der Waals surface area (Å²) in [6.45, 7) is 3.76. The van der Waals surface area contributed by atoms with Gasteiger partial charge in [0, 0.05) is 17.5 Å². The number of hydrogen-bond donors (Lipinski definition) is 3. The molecule has 1 aromatic carbocycles. The van der Waals surface area contributed by atoms with Gasteiger partial charge in [0.1, 0.15) is 12.4 Å². The number of nitrogens with zero attached hydrogens (tertiary/aromatic N) is 1. The first-order valence-electron chi connectivity index (χ1n) is 5.72. The average Bonchev–Trinajstić information content (AvgIpc) is 2.70. The molecule has 19 heavy (non-hydrogen) atoms. The Hall–Kier alpha value is -2.50. The van der Waals surface area contributed by atoms with Crippen molar-refractivity contribution in [3.05, 3.63) is 47.8 Å². The maximum atomic E-state index is 13.8. The number of hydrogen-bond acceptors (Lipinski definition) is 4. The van der Waals surface area contributed by atoms with Crippen LogP contribution in [-0.2, 0) is 6.42 Å². The molecular weight excluding hydrogens is 247 g/mol. The van der Waals surface area contributed by atoms with Crippen LogP contribution in [0.2, 0.25) is 0 Å². The van der Waals surface area contributed by atoms with Crippen molar-refractivity contribution in [2.45, 2.75) is 6.42 Å². The maximum absolute atomic E-state index is 13.8. The van der Waals surface area contributed by atoms with E-state index in [4.69, 9.17) is 16.2 Å². The molecule has 6 heteroatoms. The number of rotatable bonds is 5. The Morgan fingerprint density at radius 1 is 1.42 bits per heavy atom. The minimum absolute atomic E-state index is 0.183. The largest absolute Gasteiger partial charge is 0.486 e. The zero-order valence-electron chi connectivity index (χ0n) is 10.3. The van der Waals surface area contributed by atoms with Crippen molar-refractivity contribution in [2.75, 3.05) is 18.1 Å². The number of nitrogen functional groups attached to an aromatic ring is 2. The molecule has 2 rings (SSSR count). The molecule has 5 nitrogen and oxygen atoms in total. The lowest BCUT2D eigenvalue weighted by molar-refractivity contribution is 0.338. The lowest BCUT2D eigenvalue weighted by atomic mass is 10.1. The summed E-state index contributed by atoms with van der Waals surface area (Å²) in [4.78, 5) is 0. The smallest absolute Gasteiger partial charge is 0.165 e. The van der Waals surface area contributed by atoms with Gasteiger partial charge >= 0.3 is 0 Å². The quantitative estimate of drug-likeness (QED) is 0.717. The predicted octanol–water partition coefficient (Wildman–Crippen LogP) is 1.87. The van der Waals surface area contributed by atoms with E-state index in [9.17, 15) is 4.39 Å². The molecule has 0 bridgehead atoms. The molecule has 1 heterocycles. The Labute approximate surface area is 110 Å². The second-order valence-electron chi connectivity index (χ2n) is 4.01. The predicted molar refractivity (Wildman–Crippen MR) is 72.3 cm³/mol. The van der Waals surface area contributed by atoms with E-state index in [-0.39, 0.29) is 12.4 Å². The second-order valence-corrected chi connectivity index (χ2v) is 4.01. The van der Waals surface area contributed by atoms with Gasteiger partial charge in [0.2, 0.25) is 0 Å². The van der Waals surface area contributed by atoms with E-state index in [1.54, 1.807) is 18.2 Å². The highest BCUT2D eigenvalue weighted by molar-refractivity contribution is 5.56. The molecule has 1 aromatic heterocycles. The highest BCUT2D eigenvalue weighted by atomic mass is 19.1. The van der Waals surface area contributed by atoms with Crippen LogP contribution in [0.3, 0.4) is 0 Å².